The predicted octanol–water partition coefficient (Wildman–Crippen LogP) is 12.7. The normalized spacial score (nSPS) is 15.3. The van der Waals surface area contributed by atoms with E-state index in [1.165, 1.54) is 21.8 Å². The van der Waals surface area contributed by atoms with Crippen LogP contribution in [0.1, 0.15) is 22.3 Å². The average Bonchev–Trinajstić information content (AvgIpc) is 3.55. The lowest BCUT2D eigenvalue weighted by Crippen LogP contribution is -2.37. The van der Waals surface area contributed by atoms with Crippen LogP contribution in [0.5, 0.6) is 23.0 Å². The molecule has 1 atom stereocenters. The minimum atomic E-state index is -0.733. The molecular formula is C49H31NO2. The zero-order valence-corrected chi connectivity index (χ0v) is 28.2. The summed E-state index contributed by atoms with van der Waals surface area (Å²) in [7, 11) is 0. The third-order valence-corrected chi connectivity index (χ3v) is 10.9. The van der Waals surface area contributed by atoms with Crippen LogP contribution in [0.2, 0.25) is 0 Å². The third-order valence-electron chi connectivity index (χ3n) is 10.9. The number of fused-ring (bicyclic) bond motifs is 11. The summed E-state index contributed by atoms with van der Waals surface area (Å²) in [6, 6.07) is 67.0. The largest absolute Gasteiger partial charge is 0.457 e. The van der Waals surface area contributed by atoms with Crippen molar-refractivity contribution in [1.29, 1.82) is 0 Å². The van der Waals surface area contributed by atoms with E-state index >= 15 is 0 Å². The molecule has 3 nitrogen and oxygen atoms in total. The van der Waals surface area contributed by atoms with E-state index in [-0.39, 0.29) is 0 Å². The van der Waals surface area contributed by atoms with Crippen molar-refractivity contribution in [2.45, 2.75) is 5.41 Å². The lowest BCUT2D eigenvalue weighted by atomic mass is 9.60. The summed E-state index contributed by atoms with van der Waals surface area (Å²) in [6.45, 7) is 0. The van der Waals surface area contributed by atoms with Crippen LogP contribution in [0.4, 0.5) is 0 Å². The van der Waals surface area contributed by atoms with Crippen molar-refractivity contribution in [3.63, 3.8) is 0 Å². The maximum absolute atomic E-state index is 6.89. The van der Waals surface area contributed by atoms with Crippen LogP contribution in [0.15, 0.2) is 188 Å². The Hall–Kier alpha value is -6.84. The van der Waals surface area contributed by atoms with Gasteiger partial charge in [-0.05, 0) is 82.9 Å². The highest BCUT2D eigenvalue weighted by Gasteiger charge is 2.51. The topological polar surface area (TPSA) is 23.4 Å². The molecule has 0 saturated heterocycles. The van der Waals surface area contributed by atoms with Gasteiger partial charge in [-0.2, -0.15) is 0 Å². The molecule has 0 bridgehead atoms. The molecule has 3 heteroatoms. The standard InChI is InChI=1S/C49H31NO2/c1-3-14-32(15-4-1)33-27-29-46-41(31-33)49(39-20-8-11-23-44(39)51-46)40-21-9-12-24-45(40)52-47-25-13-19-36(48(47)49)34-26-28-43-38(30-34)37-18-7-10-22-42(37)50(43)35-16-5-2-6-17-35/h1-31H. The Balaban J connectivity index is 1.24. The van der Waals surface area contributed by atoms with E-state index in [0.717, 1.165) is 73.2 Å². The second-order valence-corrected chi connectivity index (χ2v) is 13.6. The minimum absolute atomic E-state index is 0.733. The van der Waals surface area contributed by atoms with Crippen LogP contribution in [0.25, 0.3) is 49.7 Å². The van der Waals surface area contributed by atoms with Crippen LogP contribution >= 0.6 is 0 Å². The van der Waals surface area contributed by atoms with Crippen LogP contribution in [-0.2, 0) is 5.41 Å². The molecule has 2 aliphatic rings. The summed E-state index contributed by atoms with van der Waals surface area (Å²) in [5.41, 5.74) is 11.7. The van der Waals surface area contributed by atoms with Crippen molar-refractivity contribution in [3.8, 4) is 50.9 Å². The number of hydrogen-bond donors (Lipinski definition) is 0. The summed E-state index contributed by atoms with van der Waals surface area (Å²) < 4.78 is 16.0. The van der Waals surface area contributed by atoms with Gasteiger partial charge in [0.25, 0.3) is 0 Å². The van der Waals surface area contributed by atoms with Gasteiger partial charge in [-0.3, -0.25) is 0 Å². The Labute approximate surface area is 301 Å². The molecule has 1 spiro atoms. The SMILES string of the molecule is c1ccc(-c2ccc3c(c2)C2(c4ccccc4O3)c3ccccc3Oc3cccc(-c4ccc5c(c4)c4ccccc4n5-c4ccccc4)c32)cc1. The predicted molar refractivity (Wildman–Crippen MR) is 210 cm³/mol. The molecule has 0 aliphatic carbocycles. The maximum Gasteiger partial charge on any atom is 0.132 e. The fourth-order valence-corrected chi connectivity index (χ4v) is 8.77. The van der Waals surface area contributed by atoms with Crippen molar-refractivity contribution in [3.05, 3.63) is 210 Å². The zero-order valence-electron chi connectivity index (χ0n) is 28.2. The van der Waals surface area contributed by atoms with Crippen LogP contribution in [0.3, 0.4) is 0 Å². The molecule has 9 aromatic rings. The first-order valence-corrected chi connectivity index (χ1v) is 17.8. The quantitative estimate of drug-likeness (QED) is 0.187. The van der Waals surface area contributed by atoms with Gasteiger partial charge in [0.05, 0.1) is 16.4 Å². The average molecular weight is 666 g/mol. The first kappa shape index (κ1) is 28.9. The first-order chi connectivity index (χ1) is 25.8. The van der Waals surface area contributed by atoms with Gasteiger partial charge in [-0.1, -0.05) is 127 Å². The number of nitrogens with zero attached hydrogens (tertiary/aromatic N) is 1. The van der Waals surface area contributed by atoms with Crippen molar-refractivity contribution >= 4 is 21.8 Å². The van der Waals surface area contributed by atoms with Crippen LogP contribution in [-0.4, -0.2) is 4.57 Å². The Morgan fingerprint density at radius 3 is 1.75 bits per heavy atom. The van der Waals surface area contributed by atoms with E-state index in [9.17, 15) is 0 Å². The van der Waals surface area contributed by atoms with Gasteiger partial charge >= 0.3 is 0 Å². The number of hydrogen-bond acceptors (Lipinski definition) is 2. The van der Waals surface area contributed by atoms with Gasteiger partial charge < -0.3 is 14.0 Å². The lowest BCUT2D eigenvalue weighted by Gasteiger charge is -2.46. The highest BCUT2D eigenvalue weighted by Crippen LogP contribution is 2.63. The maximum atomic E-state index is 6.89. The molecule has 244 valence electrons. The van der Waals surface area contributed by atoms with Gasteiger partial charge in [-0.15, -0.1) is 0 Å². The highest BCUT2D eigenvalue weighted by atomic mass is 16.5. The number of ether oxygens (including phenoxy) is 2. The minimum Gasteiger partial charge on any atom is -0.457 e. The molecule has 52 heavy (non-hydrogen) atoms. The molecule has 1 aromatic heterocycles. The van der Waals surface area contributed by atoms with Gasteiger partial charge in [0.15, 0.2) is 0 Å². The highest BCUT2D eigenvalue weighted by molar-refractivity contribution is 6.10. The van der Waals surface area contributed by atoms with Gasteiger partial charge in [-0.25, -0.2) is 0 Å². The number of benzene rings is 8. The fraction of sp³-hybridized carbons (Fsp3) is 0.0204. The Kier molecular flexibility index (Phi) is 6.17. The van der Waals surface area contributed by atoms with E-state index < -0.39 is 5.41 Å². The van der Waals surface area contributed by atoms with Crippen molar-refractivity contribution in [2.24, 2.45) is 0 Å². The fourth-order valence-electron chi connectivity index (χ4n) is 8.77. The monoisotopic (exact) mass is 665 g/mol. The smallest absolute Gasteiger partial charge is 0.132 e. The van der Waals surface area contributed by atoms with Crippen molar-refractivity contribution in [1.82, 2.24) is 4.57 Å². The molecule has 0 fully saturated rings. The zero-order chi connectivity index (χ0) is 34.2. The van der Waals surface area contributed by atoms with Crippen LogP contribution < -0.4 is 9.47 Å². The molecule has 11 rings (SSSR count). The summed E-state index contributed by atoms with van der Waals surface area (Å²) in [5.74, 6) is 3.38. The van der Waals surface area contributed by atoms with E-state index in [1.54, 1.807) is 0 Å². The molecule has 1 unspecified atom stereocenters. The van der Waals surface area contributed by atoms with Gasteiger partial charge in [0.2, 0.25) is 0 Å². The molecule has 8 aromatic carbocycles. The molecule has 0 radical (unpaired) electrons. The molecule has 0 N–H and O–H groups in total. The van der Waals surface area contributed by atoms with E-state index in [4.69, 9.17) is 9.47 Å². The molecular weight excluding hydrogens is 635 g/mol. The Morgan fingerprint density at radius 1 is 0.365 bits per heavy atom. The van der Waals surface area contributed by atoms with Gasteiger partial charge in [0.1, 0.15) is 23.0 Å². The molecule has 2 aliphatic heterocycles. The van der Waals surface area contributed by atoms with Gasteiger partial charge in [0, 0.05) is 38.7 Å². The summed E-state index contributed by atoms with van der Waals surface area (Å²) >= 11 is 0. The second-order valence-electron chi connectivity index (χ2n) is 13.6. The summed E-state index contributed by atoms with van der Waals surface area (Å²) in [4.78, 5) is 0. The molecule has 3 heterocycles. The van der Waals surface area contributed by atoms with Crippen LogP contribution in [0, 0.1) is 0 Å². The first-order valence-electron chi connectivity index (χ1n) is 17.8. The summed E-state index contributed by atoms with van der Waals surface area (Å²) in [5, 5.41) is 2.43. The van der Waals surface area contributed by atoms with E-state index in [2.05, 4.69) is 193 Å². The number of aromatic nitrogens is 1. The van der Waals surface area contributed by atoms with E-state index in [0.29, 0.717) is 0 Å². The lowest BCUT2D eigenvalue weighted by molar-refractivity contribution is 0.400. The van der Waals surface area contributed by atoms with E-state index in [1.807, 2.05) is 0 Å². The number of para-hydroxylation sites is 4. The summed E-state index contributed by atoms with van der Waals surface area (Å²) in [6.07, 6.45) is 0. The Bertz CT molecular complexity index is 2810. The van der Waals surface area contributed by atoms with Crippen molar-refractivity contribution < 1.29 is 9.47 Å². The second kappa shape index (κ2) is 11.1. The number of rotatable bonds is 3. The molecule has 0 saturated carbocycles. The van der Waals surface area contributed by atoms with Crippen molar-refractivity contribution in [2.75, 3.05) is 0 Å². The third kappa shape index (κ3) is 4.02. The Morgan fingerprint density at radius 2 is 0.962 bits per heavy atom. The molecule has 0 amide bonds.